The maximum absolute atomic E-state index is 11.0. The Morgan fingerprint density at radius 1 is 0.568 bits per heavy atom. The van der Waals surface area contributed by atoms with Crippen LogP contribution < -0.4 is 0 Å². The van der Waals surface area contributed by atoms with E-state index in [1.807, 2.05) is 12.1 Å². The zero-order valence-electron chi connectivity index (χ0n) is 22.9. The van der Waals surface area contributed by atoms with E-state index in [0.29, 0.717) is 23.0 Å². The lowest BCUT2D eigenvalue weighted by atomic mass is 10.0. The quantitative estimate of drug-likeness (QED) is 0.224. The average molecular weight is 494 g/mol. The van der Waals surface area contributed by atoms with E-state index in [9.17, 15) is 5.11 Å². The Bertz CT molecular complexity index is 1270. The first-order valence-corrected chi connectivity index (χ1v) is 13.6. The van der Waals surface area contributed by atoms with E-state index in [4.69, 9.17) is 15.0 Å². The van der Waals surface area contributed by atoms with Gasteiger partial charge in [0.2, 0.25) is 0 Å². The molecule has 3 aromatic carbocycles. The molecule has 4 heteroatoms. The first-order valence-electron chi connectivity index (χ1n) is 13.6. The molecular formula is C33H39N3O. The standard InChI is InChI=1S/C33H39N3O/c1-6-7-8-9-10-11-12-26-13-14-29(30(37)21-26)33-35-31(27-17-22(2)15-23(3)18-27)34-32(36-33)28-19-24(4)16-25(5)20-28/h13-21,37H,6-12H2,1-5H3. The lowest BCUT2D eigenvalue weighted by Gasteiger charge is -2.12. The summed E-state index contributed by atoms with van der Waals surface area (Å²) in [6, 6.07) is 18.6. The highest BCUT2D eigenvalue weighted by molar-refractivity contribution is 5.70. The third-order valence-corrected chi connectivity index (χ3v) is 6.72. The molecule has 1 N–H and O–H groups in total. The van der Waals surface area contributed by atoms with Gasteiger partial charge in [0.05, 0.1) is 5.56 Å². The Kier molecular flexibility index (Phi) is 8.70. The summed E-state index contributed by atoms with van der Waals surface area (Å²) in [5, 5.41) is 11.0. The molecule has 0 aliphatic heterocycles. The summed E-state index contributed by atoms with van der Waals surface area (Å²) in [7, 11) is 0. The Morgan fingerprint density at radius 3 is 1.57 bits per heavy atom. The maximum Gasteiger partial charge on any atom is 0.167 e. The summed E-state index contributed by atoms with van der Waals surface area (Å²) in [5.41, 5.74) is 8.31. The van der Waals surface area contributed by atoms with Crippen molar-refractivity contribution in [3.8, 4) is 39.9 Å². The molecule has 4 rings (SSSR count). The maximum atomic E-state index is 11.0. The number of phenols is 1. The van der Waals surface area contributed by atoms with Crippen molar-refractivity contribution in [3.63, 3.8) is 0 Å². The fourth-order valence-corrected chi connectivity index (χ4v) is 4.99. The second-order valence-electron chi connectivity index (χ2n) is 10.4. The fraction of sp³-hybridized carbons (Fsp3) is 0.364. The van der Waals surface area contributed by atoms with E-state index in [0.717, 1.165) is 51.8 Å². The van der Waals surface area contributed by atoms with Gasteiger partial charge in [-0.15, -0.1) is 0 Å². The molecule has 0 aliphatic carbocycles. The summed E-state index contributed by atoms with van der Waals surface area (Å²) < 4.78 is 0. The van der Waals surface area contributed by atoms with E-state index in [-0.39, 0.29) is 5.75 Å². The van der Waals surface area contributed by atoms with Crippen molar-refractivity contribution in [1.82, 2.24) is 15.0 Å². The van der Waals surface area contributed by atoms with Gasteiger partial charge in [-0.2, -0.15) is 0 Å². The molecule has 192 valence electrons. The third kappa shape index (κ3) is 7.03. The van der Waals surface area contributed by atoms with Crippen LogP contribution in [0.1, 0.15) is 73.3 Å². The van der Waals surface area contributed by atoms with Crippen LogP contribution >= 0.6 is 0 Å². The minimum Gasteiger partial charge on any atom is -0.507 e. The average Bonchev–Trinajstić information content (AvgIpc) is 2.85. The van der Waals surface area contributed by atoms with Gasteiger partial charge in [-0.05, 0) is 82.5 Å². The normalized spacial score (nSPS) is 11.2. The molecule has 0 fully saturated rings. The summed E-state index contributed by atoms with van der Waals surface area (Å²) in [5.74, 6) is 1.93. The zero-order valence-corrected chi connectivity index (χ0v) is 22.9. The molecule has 0 amide bonds. The summed E-state index contributed by atoms with van der Waals surface area (Å²) >= 11 is 0. The molecule has 0 aliphatic rings. The van der Waals surface area contributed by atoms with Crippen molar-refractivity contribution in [2.45, 2.75) is 79.6 Å². The van der Waals surface area contributed by atoms with Crippen molar-refractivity contribution >= 4 is 0 Å². The molecule has 4 nitrogen and oxygen atoms in total. The van der Waals surface area contributed by atoms with E-state index in [1.54, 1.807) is 0 Å². The predicted octanol–water partition coefficient (Wildman–Crippen LogP) is 8.71. The molecule has 0 saturated carbocycles. The number of nitrogens with zero attached hydrogens (tertiary/aromatic N) is 3. The Hall–Kier alpha value is -3.53. The van der Waals surface area contributed by atoms with Crippen LogP contribution in [0, 0.1) is 27.7 Å². The van der Waals surface area contributed by atoms with E-state index in [2.05, 4.69) is 77.1 Å². The van der Waals surface area contributed by atoms with E-state index >= 15 is 0 Å². The highest BCUT2D eigenvalue weighted by atomic mass is 16.3. The van der Waals surface area contributed by atoms with Gasteiger partial charge in [0.15, 0.2) is 17.5 Å². The summed E-state index contributed by atoms with van der Waals surface area (Å²) in [6.45, 7) is 10.6. The van der Waals surface area contributed by atoms with Crippen LogP contribution in [0.3, 0.4) is 0 Å². The largest absolute Gasteiger partial charge is 0.507 e. The molecule has 1 aromatic heterocycles. The van der Waals surface area contributed by atoms with Gasteiger partial charge >= 0.3 is 0 Å². The molecule has 37 heavy (non-hydrogen) atoms. The number of aromatic hydroxyl groups is 1. The second-order valence-corrected chi connectivity index (χ2v) is 10.4. The number of hydrogen-bond acceptors (Lipinski definition) is 4. The molecule has 0 unspecified atom stereocenters. The number of aryl methyl sites for hydroxylation is 5. The lowest BCUT2D eigenvalue weighted by Crippen LogP contribution is -2.01. The Morgan fingerprint density at radius 2 is 1.05 bits per heavy atom. The molecule has 0 saturated heterocycles. The molecular weight excluding hydrogens is 454 g/mol. The van der Waals surface area contributed by atoms with Crippen LogP contribution in [0.5, 0.6) is 5.75 Å². The minimum atomic E-state index is 0.215. The molecule has 0 radical (unpaired) electrons. The first kappa shape index (κ1) is 26.5. The lowest BCUT2D eigenvalue weighted by molar-refractivity contribution is 0.476. The van der Waals surface area contributed by atoms with E-state index in [1.165, 1.54) is 32.1 Å². The van der Waals surface area contributed by atoms with Crippen molar-refractivity contribution < 1.29 is 5.11 Å². The van der Waals surface area contributed by atoms with Crippen molar-refractivity contribution in [3.05, 3.63) is 82.4 Å². The van der Waals surface area contributed by atoms with E-state index < -0.39 is 0 Å². The Labute approximate surface area is 221 Å². The molecule has 0 spiro atoms. The number of aromatic nitrogens is 3. The smallest absolute Gasteiger partial charge is 0.167 e. The number of benzene rings is 3. The van der Waals surface area contributed by atoms with Gasteiger partial charge in [-0.3, -0.25) is 0 Å². The number of unbranched alkanes of at least 4 members (excludes halogenated alkanes) is 5. The van der Waals surface area contributed by atoms with Crippen LogP contribution in [-0.2, 0) is 6.42 Å². The number of phenolic OH excluding ortho intramolecular Hbond substituents is 1. The van der Waals surface area contributed by atoms with Crippen LogP contribution in [0.15, 0.2) is 54.6 Å². The molecule has 0 atom stereocenters. The SMILES string of the molecule is CCCCCCCCc1ccc(-c2nc(-c3cc(C)cc(C)c3)nc(-c3cc(C)cc(C)c3)n2)c(O)c1. The number of hydrogen-bond donors (Lipinski definition) is 1. The Balaban J connectivity index is 1.70. The monoisotopic (exact) mass is 493 g/mol. The first-order chi connectivity index (χ1) is 17.8. The van der Waals surface area contributed by atoms with Gasteiger partial charge in [0.1, 0.15) is 5.75 Å². The summed E-state index contributed by atoms with van der Waals surface area (Å²) in [4.78, 5) is 14.6. The van der Waals surface area contributed by atoms with Gasteiger partial charge in [-0.25, -0.2) is 15.0 Å². The van der Waals surface area contributed by atoms with Gasteiger partial charge in [-0.1, -0.05) is 79.5 Å². The molecule has 1 heterocycles. The third-order valence-electron chi connectivity index (χ3n) is 6.72. The van der Waals surface area contributed by atoms with Gasteiger partial charge in [0.25, 0.3) is 0 Å². The molecule has 0 bridgehead atoms. The fourth-order valence-electron chi connectivity index (χ4n) is 4.99. The molecule has 4 aromatic rings. The van der Waals surface area contributed by atoms with Crippen molar-refractivity contribution in [2.75, 3.05) is 0 Å². The minimum absolute atomic E-state index is 0.215. The van der Waals surface area contributed by atoms with Crippen molar-refractivity contribution in [1.29, 1.82) is 0 Å². The highest BCUT2D eigenvalue weighted by Crippen LogP contribution is 2.32. The number of rotatable bonds is 10. The zero-order chi connectivity index (χ0) is 26.4. The van der Waals surface area contributed by atoms with Crippen LogP contribution in [0.25, 0.3) is 34.2 Å². The van der Waals surface area contributed by atoms with Crippen molar-refractivity contribution in [2.24, 2.45) is 0 Å². The predicted molar refractivity (Wildman–Crippen MR) is 154 cm³/mol. The van der Waals surface area contributed by atoms with Gasteiger partial charge in [0, 0.05) is 11.1 Å². The second kappa shape index (κ2) is 12.1. The topological polar surface area (TPSA) is 58.9 Å². The highest BCUT2D eigenvalue weighted by Gasteiger charge is 2.16. The van der Waals surface area contributed by atoms with Crippen LogP contribution in [0.2, 0.25) is 0 Å². The van der Waals surface area contributed by atoms with Crippen LogP contribution in [-0.4, -0.2) is 20.1 Å². The van der Waals surface area contributed by atoms with Crippen LogP contribution in [0.4, 0.5) is 0 Å². The van der Waals surface area contributed by atoms with Gasteiger partial charge < -0.3 is 5.11 Å². The summed E-state index contributed by atoms with van der Waals surface area (Å²) in [6.07, 6.45) is 8.52.